The molecule has 2 rings (SSSR count). The average molecular weight is 211 g/mol. The summed E-state index contributed by atoms with van der Waals surface area (Å²) in [5.74, 6) is 0.833. The van der Waals surface area contributed by atoms with Gasteiger partial charge in [-0.15, -0.1) is 5.10 Å². The fourth-order valence-electron chi connectivity index (χ4n) is 0.924. The van der Waals surface area contributed by atoms with Gasteiger partial charge in [0.2, 0.25) is 5.65 Å². The van der Waals surface area contributed by atoms with Crippen LogP contribution in [0.5, 0.6) is 0 Å². The van der Waals surface area contributed by atoms with Gasteiger partial charge in [0.25, 0.3) is 0 Å². The Morgan fingerprint density at radius 1 is 1.50 bits per heavy atom. The van der Waals surface area contributed by atoms with Crippen LogP contribution in [-0.4, -0.2) is 44.8 Å². The molecule has 0 unspecified atom stereocenters. The number of hydrogen-bond acceptors (Lipinski definition) is 6. The van der Waals surface area contributed by atoms with Crippen LogP contribution in [0.15, 0.2) is 11.4 Å². The summed E-state index contributed by atoms with van der Waals surface area (Å²) in [5, 5.41) is 10.9. The predicted octanol–water partition coefficient (Wildman–Crippen LogP) is 0.486. The van der Waals surface area contributed by atoms with Crippen LogP contribution in [-0.2, 0) is 4.74 Å². The van der Waals surface area contributed by atoms with Gasteiger partial charge in [0.15, 0.2) is 5.16 Å². The Bertz CT molecular complexity index is 417. The molecule has 74 valence electrons. The molecule has 2 aromatic heterocycles. The third-order valence-corrected chi connectivity index (χ3v) is 2.40. The van der Waals surface area contributed by atoms with Crippen molar-refractivity contribution >= 4 is 22.9 Å². The molecular formula is C7H9N5OS. The summed E-state index contributed by atoms with van der Waals surface area (Å²) in [6.45, 7) is 0.685. The first-order chi connectivity index (χ1) is 6.90. The molecule has 1 N–H and O–H groups in total. The molecule has 0 aliphatic carbocycles. The number of aromatic amines is 1. The largest absolute Gasteiger partial charge is 0.384 e. The Morgan fingerprint density at radius 2 is 2.43 bits per heavy atom. The average Bonchev–Trinajstić information content (AvgIpc) is 2.65. The summed E-state index contributed by atoms with van der Waals surface area (Å²) in [6, 6.07) is 0. The van der Waals surface area contributed by atoms with Gasteiger partial charge in [0.05, 0.1) is 12.8 Å². The summed E-state index contributed by atoms with van der Waals surface area (Å²) in [6.07, 6.45) is 1.65. The molecule has 6 nitrogen and oxygen atoms in total. The molecule has 0 radical (unpaired) electrons. The van der Waals surface area contributed by atoms with Crippen molar-refractivity contribution in [2.75, 3.05) is 19.5 Å². The number of methoxy groups -OCH3 is 1. The lowest BCUT2D eigenvalue weighted by Gasteiger charge is -1.97. The lowest BCUT2D eigenvalue weighted by atomic mass is 10.6. The van der Waals surface area contributed by atoms with Crippen molar-refractivity contribution in [1.29, 1.82) is 0 Å². The van der Waals surface area contributed by atoms with Crippen LogP contribution < -0.4 is 0 Å². The highest BCUT2D eigenvalue weighted by atomic mass is 32.2. The molecule has 0 spiro atoms. The number of rotatable bonds is 4. The Kier molecular flexibility index (Phi) is 2.90. The fourth-order valence-corrected chi connectivity index (χ4v) is 1.63. The lowest BCUT2D eigenvalue weighted by molar-refractivity contribution is 0.218. The van der Waals surface area contributed by atoms with Gasteiger partial charge in [-0.25, -0.2) is 4.98 Å². The topological polar surface area (TPSA) is 76.6 Å². The highest BCUT2D eigenvalue weighted by molar-refractivity contribution is 7.99. The quantitative estimate of drug-likeness (QED) is 0.450. The summed E-state index contributed by atoms with van der Waals surface area (Å²) >= 11 is 1.53. The highest BCUT2D eigenvalue weighted by Crippen LogP contribution is 2.13. The number of nitrogens with zero attached hydrogens (tertiary/aromatic N) is 4. The minimum Gasteiger partial charge on any atom is -0.384 e. The number of hydrogen-bond donors (Lipinski definition) is 1. The molecule has 0 aliphatic rings. The SMILES string of the molecule is COCCSc1ncc2n[nH]nc2n1. The van der Waals surface area contributed by atoms with Crippen LogP contribution >= 0.6 is 11.8 Å². The van der Waals surface area contributed by atoms with Gasteiger partial charge in [0, 0.05) is 12.9 Å². The smallest absolute Gasteiger partial charge is 0.205 e. The zero-order chi connectivity index (χ0) is 9.80. The molecule has 0 aromatic carbocycles. The first-order valence-corrected chi connectivity index (χ1v) is 5.04. The predicted molar refractivity (Wildman–Crippen MR) is 52.1 cm³/mol. The zero-order valence-electron chi connectivity index (χ0n) is 7.60. The maximum absolute atomic E-state index is 4.93. The number of aromatic nitrogens is 5. The first kappa shape index (κ1) is 9.35. The molecule has 7 heteroatoms. The Balaban J connectivity index is 2.10. The normalized spacial score (nSPS) is 10.9. The molecule has 0 aliphatic heterocycles. The molecule has 0 fully saturated rings. The molecule has 14 heavy (non-hydrogen) atoms. The van der Waals surface area contributed by atoms with Gasteiger partial charge < -0.3 is 4.74 Å². The van der Waals surface area contributed by atoms with Crippen LogP contribution in [0.1, 0.15) is 0 Å². The molecule has 0 saturated heterocycles. The van der Waals surface area contributed by atoms with Crippen LogP contribution in [0.2, 0.25) is 0 Å². The van der Waals surface area contributed by atoms with Crippen LogP contribution in [0, 0.1) is 0 Å². The van der Waals surface area contributed by atoms with E-state index >= 15 is 0 Å². The van der Waals surface area contributed by atoms with E-state index in [9.17, 15) is 0 Å². The van der Waals surface area contributed by atoms with E-state index in [2.05, 4.69) is 25.4 Å². The number of fused-ring (bicyclic) bond motifs is 1. The van der Waals surface area contributed by atoms with Crippen molar-refractivity contribution in [2.24, 2.45) is 0 Å². The van der Waals surface area contributed by atoms with Crippen LogP contribution in [0.25, 0.3) is 11.2 Å². The zero-order valence-corrected chi connectivity index (χ0v) is 8.41. The molecular weight excluding hydrogens is 202 g/mol. The maximum atomic E-state index is 4.93. The minimum absolute atomic E-state index is 0.597. The third kappa shape index (κ3) is 1.99. The van der Waals surface area contributed by atoms with Crippen molar-refractivity contribution in [1.82, 2.24) is 25.4 Å². The number of ether oxygens (including phenoxy) is 1. The first-order valence-electron chi connectivity index (χ1n) is 4.05. The van der Waals surface area contributed by atoms with Crippen molar-refractivity contribution in [3.8, 4) is 0 Å². The lowest BCUT2D eigenvalue weighted by Crippen LogP contribution is -1.94. The third-order valence-electron chi connectivity index (χ3n) is 1.57. The van der Waals surface area contributed by atoms with Gasteiger partial charge in [-0.1, -0.05) is 11.8 Å². The summed E-state index contributed by atoms with van der Waals surface area (Å²) < 4.78 is 4.93. The standard InChI is InChI=1S/C7H9N5OS/c1-13-2-3-14-7-8-4-5-6(9-7)11-12-10-5/h4H,2-3H2,1H3,(H,8,9,10,11,12). The maximum Gasteiger partial charge on any atom is 0.205 e. The monoisotopic (exact) mass is 211 g/mol. The van der Waals surface area contributed by atoms with Crippen molar-refractivity contribution in [3.63, 3.8) is 0 Å². The van der Waals surface area contributed by atoms with Gasteiger partial charge in [-0.3, -0.25) is 0 Å². The van der Waals surface area contributed by atoms with Gasteiger partial charge in [-0.05, 0) is 0 Å². The molecule has 0 amide bonds. The summed E-state index contributed by atoms with van der Waals surface area (Å²) in [4.78, 5) is 8.32. The van der Waals surface area contributed by atoms with Crippen molar-refractivity contribution in [3.05, 3.63) is 6.20 Å². The summed E-state index contributed by atoms with van der Waals surface area (Å²) in [7, 11) is 1.67. The van der Waals surface area contributed by atoms with Crippen molar-refractivity contribution < 1.29 is 4.74 Å². The van der Waals surface area contributed by atoms with E-state index in [4.69, 9.17) is 4.74 Å². The second-order valence-corrected chi connectivity index (χ2v) is 3.59. The Hall–Kier alpha value is -1.21. The molecule has 2 heterocycles. The molecule has 0 saturated carbocycles. The minimum atomic E-state index is 0.597. The van der Waals surface area contributed by atoms with Crippen molar-refractivity contribution in [2.45, 2.75) is 5.16 Å². The van der Waals surface area contributed by atoms with Gasteiger partial charge in [-0.2, -0.15) is 15.3 Å². The second kappa shape index (κ2) is 4.34. The number of thioether (sulfide) groups is 1. The molecule has 0 bridgehead atoms. The summed E-state index contributed by atoms with van der Waals surface area (Å²) in [5.41, 5.74) is 1.28. The van der Waals surface area contributed by atoms with E-state index in [0.29, 0.717) is 22.9 Å². The van der Waals surface area contributed by atoms with E-state index in [1.807, 2.05) is 0 Å². The van der Waals surface area contributed by atoms with Gasteiger partial charge >= 0.3 is 0 Å². The second-order valence-electron chi connectivity index (χ2n) is 2.53. The van der Waals surface area contributed by atoms with Crippen LogP contribution in [0.3, 0.4) is 0 Å². The van der Waals surface area contributed by atoms with E-state index < -0.39 is 0 Å². The number of H-pyrrole nitrogens is 1. The molecule has 0 atom stereocenters. The van der Waals surface area contributed by atoms with E-state index in [1.165, 1.54) is 11.8 Å². The van der Waals surface area contributed by atoms with E-state index in [1.54, 1.807) is 13.3 Å². The molecule has 2 aromatic rings. The Labute approximate surface area is 84.5 Å². The van der Waals surface area contributed by atoms with E-state index in [0.717, 1.165) is 5.75 Å². The van der Waals surface area contributed by atoms with E-state index in [-0.39, 0.29) is 0 Å². The fraction of sp³-hybridized carbons (Fsp3) is 0.429. The highest BCUT2D eigenvalue weighted by Gasteiger charge is 2.02. The van der Waals surface area contributed by atoms with Crippen LogP contribution in [0.4, 0.5) is 0 Å². The number of nitrogens with one attached hydrogen (secondary N) is 1. The van der Waals surface area contributed by atoms with Gasteiger partial charge in [0.1, 0.15) is 5.52 Å². The Morgan fingerprint density at radius 3 is 3.29 bits per heavy atom.